The molecule has 1 N–H and O–H groups in total. The number of ether oxygens (including phenoxy) is 2. The summed E-state index contributed by atoms with van der Waals surface area (Å²) < 4.78 is 12.2. The fourth-order valence-electron chi connectivity index (χ4n) is 3.22. The molecule has 3 aromatic rings. The van der Waals surface area contributed by atoms with Crippen LogP contribution in [0.25, 0.3) is 10.2 Å². The van der Waals surface area contributed by atoms with Crippen LogP contribution in [0.3, 0.4) is 0 Å². The molecule has 0 atom stereocenters. The van der Waals surface area contributed by atoms with Crippen LogP contribution >= 0.6 is 23.1 Å². The molecule has 1 amide bonds. The Morgan fingerprint density at radius 2 is 1.94 bits per heavy atom. The first-order chi connectivity index (χ1) is 14.8. The van der Waals surface area contributed by atoms with E-state index in [1.807, 2.05) is 39.8 Å². The number of benzene rings is 1. The molecule has 0 saturated carbocycles. The largest absolute Gasteiger partial charge is 0.493 e. The molecule has 0 bridgehead atoms. The normalized spacial score (nSPS) is 11.2. The van der Waals surface area contributed by atoms with Gasteiger partial charge in [0.15, 0.2) is 16.7 Å². The number of nitrogens with zero attached hydrogens (tertiary/aromatic N) is 2. The molecule has 0 spiro atoms. The first-order valence-electron chi connectivity index (χ1n) is 9.89. The third-order valence-corrected chi connectivity index (χ3v) is 7.04. The summed E-state index contributed by atoms with van der Waals surface area (Å²) in [6.07, 6.45) is 0. The van der Waals surface area contributed by atoms with Gasteiger partial charge in [0, 0.05) is 17.5 Å². The third kappa shape index (κ3) is 4.88. The molecule has 9 heteroatoms. The van der Waals surface area contributed by atoms with Gasteiger partial charge in [-0.3, -0.25) is 14.2 Å². The molecule has 2 aromatic heterocycles. The number of aromatic nitrogens is 2. The topological polar surface area (TPSA) is 82.5 Å². The molecule has 0 aliphatic heterocycles. The van der Waals surface area contributed by atoms with E-state index in [1.165, 1.54) is 23.1 Å². The molecule has 31 heavy (non-hydrogen) atoms. The van der Waals surface area contributed by atoms with Gasteiger partial charge in [-0.15, -0.1) is 11.3 Å². The van der Waals surface area contributed by atoms with Gasteiger partial charge < -0.3 is 14.8 Å². The van der Waals surface area contributed by atoms with Gasteiger partial charge in [0.2, 0.25) is 5.91 Å². The summed E-state index contributed by atoms with van der Waals surface area (Å²) in [4.78, 5) is 32.1. The van der Waals surface area contributed by atoms with E-state index in [0.717, 1.165) is 20.8 Å². The monoisotopic (exact) mass is 461 g/mol. The number of fused-ring (bicyclic) bond motifs is 1. The Balaban J connectivity index is 1.73. The molecule has 7 nitrogen and oxygen atoms in total. The summed E-state index contributed by atoms with van der Waals surface area (Å²) in [5.74, 6) is 1.29. The maximum atomic E-state index is 13.1. The highest BCUT2D eigenvalue weighted by Crippen LogP contribution is 2.30. The van der Waals surface area contributed by atoms with Crippen LogP contribution in [-0.4, -0.2) is 35.4 Å². The minimum atomic E-state index is -0.136. The van der Waals surface area contributed by atoms with Crippen molar-refractivity contribution in [3.05, 3.63) is 44.6 Å². The van der Waals surface area contributed by atoms with Crippen molar-refractivity contribution >= 4 is 39.2 Å². The lowest BCUT2D eigenvalue weighted by atomic mass is 10.2. The number of carbonyl (C=O) groups excluding carboxylic acids is 1. The number of hydrogen-bond acceptors (Lipinski definition) is 7. The van der Waals surface area contributed by atoms with E-state index >= 15 is 0 Å². The smallest absolute Gasteiger partial charge is 0.263 e. The van der Waals surface area contributed by atoms with Crippen molar-refractivity contribution in [1.82, 2.24) is 14.9 Å². The summed E-state index contributed by atoms with van der Waals surface area (Å²) in [5, 5.41) is 4.15. The lowest BCUT2D eigenvalue weighted by Crippen LogP contribution is -2.27. The van der Waals surface area contributed by atoms with Crippen molar-refractivity contribution in [2.24, 2.45) is 0 Å². The van der Waals surface area contributed by atoms with Gasteiger partial charge in [-0.2, -0.15) is 0 Å². The lowest BCUT2D eigenvalue weighted by molar-refractivity contribution is -0.118. The van der Waals surface area contributed by atoms with Crippen molar-refractivity contribution in [2.45, 2.75) is 45.4 Å². The molecule has 0 radical (unpaired) electrons. The first-order valence-corrected chi connectivity index (χ1v) is 11.7. The number of aryl methyl sites for hydroxylation is 2. The van der Waals surface area contributed by atoms with E-state index in [9.17, 15) is 9.59 Å². The fourth-order valence-corrected chi connectivity index (χ4v) is 5.25. The molecule has 0 aliphatic rings. The lowest BCUT2D eigenvalue weighted by Gasteiger charge is -2.15. The average Bonchev–Trinajstić information content (AvgIpc) is 3.03. The number of thiophene rings is 1. The van der Waals surface area contributed by atoms with Crippen molar-refractivity contribution in [3.63, 3.8) is 0 Å². The van der Waals surface area contributed by atoms with Crippen LogP contribution in [0.15, 0.2) is 28.2 Å². The molecule has 0 aliphatic carbocycles. The zero-order chi connectivity index (χ0) is 22.7. The number of rotatable bonds is 8. The van der Waals surface area contributed by atoms with Gasteiger partial charge in [-0.25, -0.2) is 4.98 Å². The summed E-state index contributed by atoms with van der Waals surface area (Å²) in [6, 6.07) is 5.46. The van der Waals surface area contributed by atoms with Crippen molar-refractivity contribution in [3.8, 4) is 11.5 Å². The molecule has 3 rings (SSSR count). The van der Waals surface area contributed by atoms with E-state index in [-0.39, 0.29) is 23.3 Å². The molecule has 0 saturated heterocycles. The van der Waals surface area contributed by atoms with Gasteiger partial charge in [-0.1, -0.05) is 17.8 Å². The maximum Gasteiger partial charge on any atom is 0.263 e. The van der Waals surface area contributed by atoms with Gasteiger partial charge in [-0.05, 0) is 51.0 Å². The first kappa shape index (κ1) is 23.1. The number of methoxy groups -OCH3 is 2. The SMILES string of the molecule is COc1ccc(CNC(=O)CSc2nc3sc(C)c(C)c3c(=O)n2C(C)C)cc1OC. The highest BCUT2D eigenvalue weighted by molar-refractivity contribution is 7.99. The van der Waals surface area contributed by atoms with Crippen LogP contribution in [0.1, 0.15) is 35.9 Å². The zero-order valence-corrected chi connectivity index (χ0v) is 20.2. The second kappa shape index (κ2) is 9.74. The fraction of sp³-hybridized carbons (Fsp3) is 0.409. The Bertz CT molecular complexity index is 1170. The predicted octanol–water partition coefficient (Wildman–Crippen LogP) is 4.08. The van der Waals surface area contributed by atoms with E-state index < -0.39 is 0 Å². The second-order valence-corrected chi connectivity index (χ2v) is 9.53. The molecule has 1 aromatic carbocycles. The van der Waals surface area contributed by atoms with Crippen LogP contribution in [0.5, 0.6) is 11.5 Å². The van der Waals surface area contributed by atoms with Gasteiger partial charge in [0.1, 0.15) is 4.83 Å². The van der Waals surface area contributed by atoms with Crippen LogP contribution < -0.4 is 20.3 Å². The van der Waals surface area contributed by atoms with E-state index in [2.05, 4.69) is 5.32 Å². The van der Waals surface area contributed by atoms with E-state index in [0.29, 0.717) is 28.6 Å². The van der Waals surface area contributed by atoms with Crippen molar-refractivity contribution in [2.75, 3.05) is 20.0 Å². The van der Waals surface area contributed by atoms with Gasteiger partial charge in [0.05, 0.1) is 25.4 Å². The predicted molar refractivity (Wildman–Crippen MR) is 126 cm³/mol. The summed E-state index contributed by atoms with van der Waals surface area (Å²) in [7, 11) is 3.16. The Labute approximate surface area is 189 Å². The number of carbonyl (C=O) groups is 1. The zero-order valence-electron chi connectivity index (χ0n) is 18.6. The summed E-state index contributed by atoms with van der Waals surface area (Å²) >= 11 is 2.79. The van der Waals surface area contributed by atoms with E-state index in [4.69, 9.17) is 14.5 Å². The van der Waals surface area contributed by atoms with Crippen LogP contribution in [0.4, 0.5) is 0 Å². The number of hydrogen-bond donors (Lipinski definition) is 1. The summed E-state index contributed by atoms with van der Waals surface area (Å²) in [6.45, 7) is 8.22. The Hall–Kier alpha value is -2.52. The molecular weight excluding hydrogens is 434 g/mol. The molecule has 2 heterocycles. The van der Waals surface area contributed by atoms with Crippen molar-refractivity contribution in [1.29, 1.82) is 0 Å². The van der Waals surface area contributed by atoms with E-state index in [1.54, 1.807) is 24.9 Å². The number of nitrogens with one attached hydrogen (secondary N) is 1. The number of amides is 1. The quantitative estimate of drug-likeness (QED) is 0.402. The molecule has 0 unspecified atom stereocenters. The third-order valence-electron chi connectivity index (χ3n) is 4.99. The molecular formula is C22H27N3O4S2. The minimum absolute atomic E-state index is 0.0462. The van der Waals surface area contributed by atoms with Gasteiger partial charge in [0.25, 0.3) is 5.56 Å². The average molecular weight is 462 g/mol. The Kier molecular flexibility index (Phi) is 7.27. The highest BCUT2D eigenvalue weighted by Gasteiger charge is 2.19. The molecule has 0 fully saturated rings. The van der Waals surface area contributed by atoms with Crippen LogP contribution in [0, 0.1) is 13.8 Å². The summed E-state index contributed by atoms with van der Waals surface area (Å²) in [5.41, 5.74) is 1.84. The van der Waals surface area contributed by atoms with Crippen LogP contribution in [-0.2, 0) is 11.3 Å². The van der Waals surface area contributed by atoms with Gasteiger partial charge >= 0.3 is 0 Å². The van der Waals surface area contributed by atoms with Crippen LogP contribution in [0.2, 0.25) is 0 Å². The Morgan fingerprint density at radius 1 is 1.23 bits per heavy atom. The van der Waals surface area contributed by atoms with Crippen molar-refractivity contribution < 1.29 is 14.3 Å². The second-order valence-electron chi connectivity index (χ2n) is 7.38. The minimum Gasteiger partial charge on any atom is -0.493 e. The molecule has 166 valence electrons. The highest BCUT2D eigenvalue weighted by atomic mass is 32.2. The standard InChI is InChI=1S/C22H27N3O4S2/c1-12(2)25-21(27)19-13(3)14(4)31-20(19)24-22(25)30-11-18(26)23-10-15-7-8-16(28-5)17(9-15)29-6/h7-9,12H,10-11H2,1-6H3,(H,23,26). The Morgan fingerprint density at radius 3 is 2.58 bits per heavy atom. The number of thioether (sulfide) groups is 1. The maximum absolute atomic E-state index is 13.1.